The molecule has 1 fully saturated rings. The van der Waals surface area contributed by atoms with Crippen LogP contribution in [0.25, 0.3) is 10.2 Å². The summed E-state index contributed by atoms with van der Waals surface area (Å²) in [5, 5.41) is 11.2. The molecular weight excluding hydrogens is 408 g/mol. The van der Waals surface area contributed by atoms with Gasteiger partial charge in [-0.2, -0.15) is 0 Å². The van der Waals surface area contributed by atoms with Crippen LogP contribution in [-0.2, 0) is 24.4 Å². The highest BCUT2D eigenvalue weighted by Gasteiger charge is 2.27. The van der Waals surface area contributed by atoms with Gasteiger partial charge in [-0.3, -0.25) is 13.9 Å². The SMILES string of the molecule is CCn1c(=O)c2c(C)c(CNN(C(=O)O)C(C)(C)C)sc2n(CC2CCCO2)c1=O. The van der Waals surface area contributed by atoms with E-state index in [9.17, 15) is 19.5 Å². The van der Waals surface area contributed by atoms with Gasteiger partial charge in [0.15, 0.2) is 0 Å². The molecule has 9 nitrogen and oxygen atoms in total. The first kappa shape index (κ1) is 22.5. The van der Waals surface area contributed by atoms with Crippen LogP contribution in [0.5, 0.6) is 0 Å². The van der Waals surface area contributed by atoms with E-state index in [0.29, 0.717) is 29.9 Å². The Hall–Kier alpha value is -2.17. The summed E-state index contributed by atoms with van der Waals surface area (Å²) in [5.41, 5.74) is 2.47. The summed E-state index contributed by atoms with van der Waals surface area (Å²) < 4.78 is 8.62. The first-order valence-corrected chi connectivity index (χ1v) is 11.0. The van der Waals surface area contributed by atoms with Crippen molar-refractivity contribution in [2.75, 3.05) is 6.61 Å². The van der Waals surface area contributed by atoms with Crippen molar-refractivity contribution in [2.24, 2.45) is 0 Å². The number of aromatic nitrogens is 2. The number of ether oxygens (including phenoxy) is 1. The Bertz CT molecular complexity index is 1060. The number of hydrogen-bond donors (Lipinski definition) is 2. The van der Waals surface area contributed by atoms with E-state index in [2.05, 4.69) is 5.43 Å². The Kier molecular flexibility index (Phi) is 6.40. The number of hydrazine groups is 1. The van der Waals surface area contributed by atoms with Crippen molar-refractivity contribution < 1.29 is 14.6 Å². The zero-order chi connectivity index (χ0) is 22.2. The van der Waals surface area contributed by atoms with Crippen LogP contribution in [0.4, 0.5) is 4.79 Å². The van der Waals surface area contributed by atoms with E-state index >= 15 is 0 Å². The fourth-order valence-electron chi connectivity index (χ4n) is 3.78. The van der Waals surface area contributed by atoms with Gasteiger partial charge in [-0.15, -0.1) is 11.3 Å². The molecule has 1 aliphatic rings. The Balaban J connectivity index is 2.06. The fraction of sp³-hybridized carbons (Fsp3) is 0.650. The molecule has 0 bridgehead atoms. The van der Waals surface area contributed by atoms with Crippen molar-refractivity contribution in [3.05, 3.63) is 31.3 Å². The topological polar surface area (TPSA) is 106 Å². The van der Waals surface area contributed by atoms with Gasteiger partial charge < -0.3 is 9.84 Å². The molecular formula is C20H30N4O5S. The maximum atomic E-state index is 13.0. The first-order valence-electron chi connectivity index (χ1n) is 10.2. The lowest BCUT2D eigenvalue weighted by Gasteiger charge is -2.33. The number of thiophene rings is 1. The summed E-state index contributed by atoms with van der Waals surface area (Å²) in [4.78, 5) is 39.1. The molecule has 166 valence electrons. The highest BCUT2D eigenvalue weighted by Crippen LogP contribution is 2.29. The third kappa shape index (κ3) is 4.17. The smallest absolute Gasteiger partial charge is 0.422 e. The van der Waals surface area contributed by atoms with Gasteiger partial charge in [0.1, 0.15) is 4.83 Å². The Morgan fingerprint density at radius 1 is 1.33 bits per heavy atom. The largest absolute Gasteiger partial charge is 0.464 e. The fourth-order valence-corrected chi connectivity index (χ4v) is 5.01. The molecule has 0 aromatic carbocycles. The molecule has 2 aromatic heterocycles. The number of carbonyl (C=O) groups is 1. The summed E-state index contributed by atoms with van der Waals surface area (Å²) in [6.07, 6.45) is 0.731. The maximum absolute atomic E-state index is 13.0. The summed E-state index contributed by atoms with van der Waals surface area (Å²) in [6.45, 7) is 10.6. The van der Waals surface area contributed by atoms with E-state index in [4.69, 9.17) is 4.74 Å². The lowest BCUT2D eigenvalue weighted by Crippen LogP contribution is -2.52. The zero-order valence-corrected chi connectivity index (χ0v) is 19.0. The van der Waals surface area contributed by atoms with Gasteiger partial charge in [-0.1, -0.05) is 0 Å². The van der Waals surface area contributed by atoms with Crippen molar-refractivity contribution in [3.8, 4) is 0 Å². The second kappa shape index (κ2) is 8.52. The minimum absolute atomic E-state index is 0.0407. The molecule has 0 spiro atoms. The molecule has 0 saturated carbocycles. The van der Waals surface area contributed by atoms with E-state index < -0.39 is 11.6 Å². The van der Waals surface area contributed by atoms with E-state index in [0.717, 1.165) is 28.3 Å². The summed E-state index contributed by atoms with van der Waals surface area (Å²) in [7, 11) is 0. The molecule has 0 aliphatic carbocycles. The lowest BCUT2D eigenvalue weighted by atomic mass is 10.1. The number of aryl methyl sites for hydroxylation is 1. The van der Waals surface area contributed by atoms with Crippen molar-refractivity contribution >= 4 is 27.6 Å². The van der Waals surface area contributed by atoms with Crippen LogP contribution in [0.3, 0.4) is 0 Å². The Morgan fingerprint density at radius 3 is 2.57 bits per heavy atom. The number of amides is 1. The molecule has 10 heteroatoms. The molecule has 30 heavy (non-hydrogen) atoms. The average molecular weight is 439 g/mol. The van der Waals surface area contributed by atoms with Gasteiger partial charge in [0.05, 0.1) is 30.1 Å². The van der Waals surface area contributed by atoms with E-state index in [1.54, 1.807) is 32.3 Å². The van der Waals surface area contributed by atoms with Crippen LogP contribution in [0.2, 0.25) is 0 Å². The van der Waals surface area contributed by atoms with Gasteiger partial charge in [-0.25, -0.2) is 20.0 Å². The average Bonchev–Trinajstić information content (AvgIpc) is 3.26. The number of carboxylic acid groups (broad SMARTS) is 1. The molecule has 1 aliphatic heterocycles. The predicted octanol–water partition coefficient (Wildman–Crippen LogP) is 2.52. The monoisotopic (exact) mass is 438 g/mol. The van der Waals surface area contributed by atoms with Crippen LogP contribution in [-0.4, -0.2) is 43.6 Å². The number of fused-ring (bicyclic) bond motifs is 1. The molecule has 1 saturated heterocycles. The number of nitrogens with zero attached hydrogens (tertiary/aromatic N) is 3. The Labute approximate surface area is 178 Å². The molecule has 3 heterocycles. The van der Waals surface area contributed by atoms with Crippen molar-refractivity contribution in [1.82, 2.24) is 19.6 Å². The molecule has 0 radical (unpaired) electrons. The predicted molar refractivity (Wildman–Crippen MR) is 116 cm³/mol. The quantitative estimate of drug-likeness (QED) is 0.672. The minimum atomic E-state index is -1.08. The number of hydrogen-bond acceptors (Lipinski definition) is 6. The first-order chi connectivity index (χ1) is 14.1. The summed E-state index contributed by atoms with van der Waals surface area (Å²) in [5.74, 6) is 0. The molecule has 1 unspecified atom stereocenters. The third-order valence-electron chi connectivity index (χ3n) is 5.38. The maximum Gasteiger partial charge on any atom is 0.422 e. The van der Waals surface area contributed by atoms with Crippen molar-refractivity contribution in [3.63, 3.8) is 0 Å². The summed E-state index contributed by atoms with van der Waals surface area (Å²) in [6, 6.07) is 0. The van der Waals surface area contributed by atoms with Crippen LogP contribution >= 0.6 is 11.3 Å². The number of rotatable bonds is 6. The van der Waals surface area contributed by atoms with Gasteiger partial charge >= 0.3 is 11.8 Å². The van der Waals surface area contributed by atoms with E-state index in [1.807, 2.05) is 6.92 Å². The highest BCUT2D eigenvalue weighted by molar-refractivity contribution is 7.18. The van der Waals surface area contributed by atoms with Crippen LogP contribution in [0.15, 0.2) is 9.59 Å². The van der Waals surface area contributed by atoms with Crippen LogP contribution < -0.4 is 16.7 Å². The minimum Gasteiger partial charge on any atom is -0.464 e. The second-order valence-electron chi connectivity index (χ2n) is 8.53. The standard InChI is InChI=1S/C20H30N4O5S/c1-6-22-16(25)15-12(2)14(10-21-24(19(27)28)20(3,4)5)30-17(15)23(18(22)26)11-13-8-7-9-29-13/h13,21H,6-11H2,1-5H3,(H,27,28). The molecule has 2 aromatic rings. The van der Waals surface area contributed by atoms with Crippen molar-refractivity contribution in [1.29, 1.82) is 0 Å². The second-order valence-corrected chi connectivity index (χ2v) is 9.62. The zero-order valence-electron chi connectivity index (χ0n) is 18.2. The summed E-state index contributed by atoms with van der Waals surface area (Å²) >= 11 is 1.36. The van der Waals surface area contributed by atoms with Crippen molar-refractivity contribution in [2.45, 2.75) is 78.7 Å². The van der Waals surface area contributed by atoms with E-state index in [-0.39, 0.29) is 23.9 Å². The van der Waals surface area contributed by atoms with Gasteiger partial charge in [0, 0.05) is 18.0 Å². The molecule has 3 rings (SSSR count). The van der Waals surface area contributed by atoms with E-state index in [1.165, 1.54) is 15.9 Å². The van der Waals surface area contributed by atoms with Gasteiger partial charge in [0.25, 0.3) is 5.56 Å². The number of nitrogens with one attached hydrogen (secondary N) is 1. The van der Waals surface area contributed by atoms with Crippen LogP contribution in [0.1, 0.15) is 51.0 Å². The van der Waals surface area contributed by atoms with Crippen LogP contribution in [0, 0.1) is 6.92 Å². The molecule has 1 amide bonds. The van der Waals surface area contributed by atoms with Gasteiger partial charge in [-0.05, 0) is 53.0 Å². The Morgan fingerprint density at radius 2 is 2.03 bits per heavy atom. The molecule has 1 atom stereocenters. The van der Waals surface area contributed by atoms with Gasteiger partial charge in [0.2, 0.25) is 0 Å². The lowest BCUT2D eigenvalue weighted by molar-refractivity contribution is 0.0626. The highest BCUT2D eigenvalue weighted by atomic mass is 32.1. The third-order valence-corrected chi connectivity index (χ3v) is 6.69. The normalized spacial score (nSPS) is 17.0. The molecule has 2 N–H and O–H groups in total.